The molecule has 0 radical (unpaired) electrons. The summed E-state index contributed by atoms with van der Waals surface area (Å²) in [6.07, 6.45) is 12.8. The third-order valence-corrected chi connectivity index (χ3v) is 14.6. The summed E-state index contributed by atoms with van der Waals surface area (Å²) in [4.78, 5) is 62.5. The van der Waals surface area contributed by atoms with Crippen LogP contribution in [0.25, 0.3) is 10.9 Å². The molecule has 2 aliphatic carbocycles. The molecule has 17 heteroatoms. The molecule has 2 saturated heterocycles. The van der Waals surface area contributed by atoms with Crippen LogP contribution in [0, 0.1) is 11.8 Å². The van der Waals surface area contributed by atoms with E-state index in [1.807, 2.05) is 64.0 Å². The molecule has 0 unspecified atom stereocenters. The second-order valence-electron chi connectivity index (χ2n) is 18.6. The van der Waals surface area contributed by atoms with Gasteiger partial charge in [0, 0.05) is 23.1 Å². The van der Waals surface area contributed by atoms with Crippen molar-refractivity contribution in [2.45, 2.75) is 153 Å². The lowest BCUT2D eigenvalue weighted by Gasteiger charge is -2.32. The zero-order chi connectivity index (χ0) is 45.6. The molecule has 4 fully saturated rings. The number of carbonyl (C=O) groups is 4. The fourth-order valence-electron chi connectivity index (χ4n) is 8.79. The summed E-state index contributed by atoms with van der Waals surface area (Å²) >= 11 is 7.15. The molecule has 2 aromatic rings. The molecule has 2 saturated carbocycles. The molecular weight excluding hydrogens is 951 g/mol. The summed E-state index contributed by atoms with van der Waals surface area (Å²) < 4.78 is 36.8. The van der Waals surface area contributed by atoms with Crippen molar-refractivity contribution in [3.63, 3.8) is 0 Å². The van der Waals surface area contributed by atoms with E-state index in [1.165, 1.54) is 4.90 Å². The fraction of sp³-hybridized carbons (Fsp3) is 0.638. The van der Waals surface area contributed by atoms with Crippen LogP contribution in [0.4, 0.5) is 4.79 Å². The van der Waals surface area contributed by atoms with Gasteiger partial charge in [0.15, 0.2) is 0 Å². The van der Waals surface area contributed by atoms with Gasteiger partial charge in [0.2, 0.25) is 17.7 Å². The number of alkyl carbamates (subject to hydrolysis) is 1. The number of nitrogens with one attached hydrogen (secondary N) is 2. The highest BCUT2D eigenvalue weighted by atomic mass is 79.9. The maximum absolute atomic E-state index is 14.8. The van der Waals surface area contributed by atoms with Gasteiger partial charge in [-0.2, -0.15) is 0 Å². The Morgan fingerprint density at radius 1 is 1.08 bits per heavy atom. The molecule has 1 aromatic heterocycles. The summed E-state index contributed by atoms with van der Waals surface area (Å²) in [5, 5.41) is 7.50. The Labute approximate surface area is 394 Å². The average Bonchev–Trinajstić information content (AvgIpc) is 4.09. The number of halogens is 2. The summed E-state index contributed by atoms with van der Waals surface area (Å²) in [6.45, 7) is 10.5. The van der Waals surface area contributed by atoms with Crippen molar-refractivity contribution in [2.75, 3.05) is 25.1 Å². The second kappa shape index (κ2) is 20.9. The Bertz CT molecular complexity index is 2070. The SMILES string of the molecule is CCOC(=O)[C@@]12C[C@H]1/C=C\CCCCC[C@H](NC(=O)O[C@@H]1C[C@H]1CCC/C=C/B1OC(C)(C)C(C)(C)O1)C(=O)N1C[C@H](Oc3nc4ccccc4c(OCCCBr)c3Br)C[C@H]1C(=O)N2. The van der Waals surface area contributed by atoms with E-state index in [-0.39, 0.29) is 61.7 Å². The van der Waals surface area contributed by atoms with Gasteiger partial charge in [-0.1, -0.05) is 65.1 Å². The van der Waals surface area contributed by atoms with E-state index in [2.05, 4.69) is 54.6 Å². The third-order valence-electron chi connectivity index (χ3n) is 13.4. The van der Waals surface area contributed by atoms with E-state index in [0.29, 0.717) is 41.6 Å². The van der Waals surface area contributed by atoms with Crippen molar-refractivity contribution in [2.24, 2.45) is 11.8 Å². The minimum absolute atomic E-state index is 0.0360. The highest BCUT2D eigenvalue weighted by Crippen LogP contribution is 2.47. The Balaban J connectivity index is 1.04. The molecule has 3 amide bonds. The zero-order valence-electron chi connectivity index (χ0n) is 37.7. The van der Waals surface area contributed by atoms with E-state index in [0.717, 1.165) is 62.1 Å². The quantitative estimate of drug-likeness (QED) is 0.0580. The lowest BCUT2D eigenvalue weighted by molar-refractivity contribution is -0.150. The minimum Gasteiger partial charge on any atom is -0.491 e. The van der Waals surface area contributed by atoms with Crippen LogP contribution >= 0.6 is 31.9 Å². The van der Waals surface area contributed by atoms with Crippen molar-refractivity contribution in [1.29, 1.82) is 0 Å². The summed E-state index contributed by atoms with van der Waals surface area (Å²) in [7, 11) is -0.374. The molecule has 3 aliphatic heterocycles. The van der Waals surface area contributed by atoms with Crippen LogP contribution in [0.5, 0.6) is 11.6 Å². The smallest absolute Gasteiger partial charge is 0.486 e. The number of carbonyl (C=O) groups excluding carboxylic acids is 4. The molecule has 64 heavy (non-hydrogen) atoms. The molecular formula is C47H63BBr2N4O10. The number of pyridine rings is 1. The Kier molecular flexibility index (Phi) is 15.7. The van der Waals surface area contributed by atoms with E-state index in [1.54, 1.807) is 6.92 Å². The number of para-hydroxylation sites is 1. The van der Waals surface area contributed by atoms with Gasteiger partial charge in [-0.3, -0.25) is 9.59 Å². The summed E-state index contributed by atoms with van der Waals surface area (Å²) in [6, 6.07) is 5.64. The zero-order valence-corrected chi connectivity index (χ0v) is 40.9. The van der Waals surface area contributed by atoms with Crippen molar-refractivity contribution in [1.82, 2.24) is 20.5 Å². The van der Waals surface area contributed by atoms with Gasteiger partial charge in [-0.25, -0.2) is 14.6 Å². The number of nitrogens with zero attached hydrogens (tertiary/aromatic N) is 2. The van der Waals surface area contributed by atoms with Crippen molar-refractivity contribution >= 4 is 73.8 Å². The molecule has 7 atom stereocenters. The number of unbranched alkanes of at least 4 members (excludes halogenated alkanes) is 1. The number of rotatable bonds is 15. The lowest BCUT2D eigenvalue weighted by atomic mass is 9.89. The van der Waals surface area contributed by atoms with Crippen LogP contribution in [0.1, 0.15) is 112 Å². The monoisotopic (exact) mass is 1010 g/mol. The Hall–Kier alpha value is -3.67. The predicted molar refractivity (Wildman–Crippen MR) is 250 cm³/mol. The van der Waals surface area contributed by atoms with E-state index >= 15 is 0 Å². The van der Waals surface area contributed by atoms with Gasteiger partial charge in [0.25, 0.3) is 0 Å². The first-order valence-corrected chi connectivity index (χ1v) is 25.0. The number of fused-ring (bicyclic) bond motifs is 3. The molecule has 14 nitrogen and oxygen atoms in total. The number of esters is 1. The third kappa shape index (κ3) is 11.3. The maximum atomic E-state index is 14.8. The van der Waals surface area contributed by atoms with Crippen molar-refractivity contribution in [3.05, 3.63) is 52.9 Å². The highest BCUT2D eigenvalue weighted by molar-refractivity contribution is 9.10. The number of hydrogen-bond donors (Lipinski definition) is 2. The normalized spacial score (nSPS) is 29.2. The topological polar surface area (TPSA) is 164 Å². The number of ether oxygens (including phenoxy) is 4. The fourth-order valence-corrected chi connectivity index (χ4v) is 9.53. The van der Waals surface area contributed by atoms with Crippen molar-refractivity contribution < 1.29 is 47.4 Å². The summed E-state index contributed by atoms with van der Waals surface area (Å²) in [5.41, 5.74) is -1.33. The van der Waals surface area contributed by atoms with Gasteiger partial charge in [-0.15, -0.1) is 0 Å². The molecule has 7 rings (SSSR count). The lowest BCUT2D eigenvalue weighted by Crippen LogP contribution is -2.56. The highest BCUT2D eigenvalue weighted by Gasteiger charge is 2.62. The molecule has 1 aromatic carbocycles. The molecule has 4 heterocycles. The van der Waals surface area contributed by atoms with Crippen LogP contribution in [-0.2, 0) is 33.2 Å². The Morgan fingerprint density at radius 2 is 1.86 bits per heavy atom. The van der Waals surface area contributed by atoms with Crippen LogP contribution in [-0.4, -0.2) is 107 Å². The number of allylic oxidation sites excluding steroid dienone is 2. The van der Waals surface area contributed by atoms with Gasteiger partial charge in [0.1, 0.15) is 40.1 Å². The minimum atomic E-state index is -1.23. The molecule has 348 valence electrons. The molecule has 2 N–H and O–H groups in total. The Morgan fingerprint density at radius 3 is 2.62 bits per heavy atom. The first kappa shape index (κ1) is 48.3. The number of amides is 3. The van der Waals surface area contributed by atoms with E-state index < -0.39 is 47.6 Å². The van der Waals surface area contributed by atoms with Gasteiger partial charge >= 0.3 is 19.2 Å². The summed E-state index contributed by atoms with van der Waals surface area (Å²) in [5.74, 6) is 1.43. The van der Waals surface area contributed by atoms with E-state index in [9.17, 15) is 19.2 Å². The average molecular weight is 1010 g/mol. The number of aromatic nitrogens is 1. The van der Waals surface area contributed by atoms with Gasteiger partial charge in [-0.05, 0) is 126 Å². The van der Waals surface area contributed by atoms with Gasteiger partial charge in [0.05, 0.1) is 36.5 Å². The van der Waals surface area contributed by atoms with Gasteiger partial charge < -0.3 is 43.8 Å². The maximum Gasteiger partial charge on any atom is 0.486 e. The number of hydrogen-bond acceptors (Lipinski definition) is 11. The van der Waals surface area contributed by atoms with Crippen molar-refractivity contribution in [3.8, 4) is 11.6 Å². The first-order chi connectivity index (χ1) is 30.7. The van der Waals surface area contributed by atoms with Crippen LogP contribution in [0.3, 0.4) is 0 Å². The first-order valence-electron chi connectivity index (χ1n) is 23.1. The largest absolute Gasteiger partial charge is 0.491 e. The van der Waals surface area contributed by atoms with Crippen LogP contribution in [0.2, 0.25) is 0 Å². The number of alkyl halides is 1. The van der Waals surface area contributed by atoms with Crippen LogP contribution < -0.4 is 20.1 Å². The molecule has 0 spiro atoms. The van der Waals surface area contributed by atoms with E-state index in [4.69, 9.17) is 33.2 Å². The predicted octanol–water partition coefficient (Wildman–Crippen LogP) is 8.31. The second-order valence-corrected chi connectivity index (χ2v) is 20.2. The number of benzene rings is 1. The van der Waals surface area contributed by atoms with Crippen LogP contribution in [0.15, 0.2) is 52.9 Å². The molecule has 5 aliphatic rings. The molecule has 0 bridgehead atoms. The standard InChI is InChI=1S/C47H63BBr2N4O10/c1-6-59-43(57)47-28-31(47)19-12-8-7-9-13-22-35(52-44(58)62-37-26-30(37)18-11-10-16-23-48-63-45(2,3)46(4,5)64-48)42(56)54-29-32(27-36(54)40(55)53-47)61-41-38(50)39(60-25-17-24-49)33-20-14-15-21-34(33)51-41/h12,14-16,19-21,23,30-32,35-37H,6-11,13,17-18,22,24-29H2,1-5H3,(H,52,58)(H,53,55)/b19-12-,23-16+/t30-,31-,32-,35+,36+,37-,47-/m1/s1.